The number of rotatable bonds is 5. The minimum absolute atomic E-state index is 0.338. The molecule has 1 aromatic heterocycles. The van der Waals surface area contributed by atoms with Crippen molar-refractivity contribution >= 4 is 15.5 Å². The number of nitrogens with one attached hydrogen (secondary N) is 1. The lowest BCUT2D eigenvalue weighted by atomic mass is 10.3. The van der Waals surface area contributed by atoms with Crippen molar-refractivity contribution in [1.82, 2.24) is 9.78 Å². The monoisotopic (exact) mass is 279 g/mol. The van der Waals surface area contributed by atoms with Crippen LogP contribution in [0.3, 0.4) is 0 Å². The van der Waals surface area contributed by atoms with E-state index < -0.39 is 9.84 Å². The lowest BCUT2D eigenvalue weighted by Gasteiger charge is -2.07. The zero-order chi connectivity index (χ0) is 13.9. The first kappa shape index (κ1) is 13.6. The molecule has 0 aliphatic rings. The van der Waals surface area contributed by atoms with Crippen molar-refractivity contribution in [3.05, 3.63) is 42.2 Å². The van der Waals surface area contributed by atoms with Crippen molar-refractivity contribution in [2.45, 2.75) is 11.3 Å². The molecule has 0 spiro atoms. The molecular formula is C13H17N3O2S. The van der Waals surface area contributed by atoms with Gasteiger partial charge in [0, 0.05) is 43.8 Å². The molecule has 0 radical (unpaired) electrons. The van der Waals surface area contributed by atoms with Gasteiger partial charge in [-0.25, -0.2) is 8.42 Å². The topological polar surface area (TPSA) is 64.0 Å². The van der Waals surface area contributed by atoms with Gasteiger partial charge in [-0.1, -0.05) is 0 Å². The second-order valence-electron chi connectivity index (χ2n) is 4.42. The van der Waals surface area contributed by atoms with Gasteiger partial charge in [-0.05, 0) is 30.3 Å². The van der Waals surface area contributed by atoms with E-state index in [-0.39, 0.29) is 0 Å². The molecule has 0 saturated carbocycles. The van der Waals surface area contributed by atoms with Crippen LogP contribution in [-0.4, -0.2) is 31.0 Å². The summed E-state index contributed by atoms with van der Waals surface area (Å²) in [7, 11) is -1.21. The molecule has 2 aromatic rings. The fraction of sp³-hybridized carbons (Fsp3) is 0.308. The Balaban J connectivity index is 1.92. The van der Waals surface area contributed by atoms with Crippen molar-refractivity contribution < 1.29 is 8.42 Å². The second-order valence-corrected chi connectivity index (χ2v) is 6.44. The van der Waals surface area contributed by atoms with Crippen molar-refractivity contribution in [3.63, 3.8) is 0 Å². The molecule has 6 heteroatoms. The van der Waals surface area contributed by atoms with Crippen LogP contribution in [0.25, 0.3) is 0 Å². The Kier molecular flexibility index (Phi) is 3.90. The SMILES string of the molecule is Cn1nccc1CCNc1ccc(S(C)(=O)=O)cc1. The standard InChI is InChI=1S/C13H17N3O2S/c1-16-12(8-10-15-16)7-9-14-11-3-5-13(6-4-11)19(2,17)18/h3-6,8,10,14H,7,9H2,1-2H3. The third-order valence-corrected chi connectivity index (χ3v) is 4.04. The summed E-state index contributed by atoms with van der Waals surface area (Å²) in [4.78, 5) is 0.338. The summed E-state index contributed by atoms with van der Waals surface area (Å²) in [6, 6.07) is 8.76. The molecule has 2 rings (SSSR count). The van der Waals surface area contributed by atoms with Crippen LogP contribution < -0.4 is 5.32 Å². The summed E-state index contributed by atoms with van der Waals surface area (Å²) >= 11 is 0. The van der Waals surface area contributed by atoms with E-state index in [4.69, 9.17) is 0 Å². The Hall–Kier alpha value is -1.82. The Morgan fingerprint density at radius 2 is 1.89 bits per heavy atom. The van der Waals surface area contributed by atoms with Gasteiger partial charge >= 0.3 is 0 Å². The second kappa shape index (κ2) is 5.44. The van der Waals surface area contributed by atoms with E-state index in [0.717, 1.165) is 24.3 Å². The molecule has 19 heavy (non-hydrogen) atoms. The van der Waals surface area contributed by atoms with Crippen molar-refractivity contribution in [3.8, 4) is 0 Å². The van der Waals surface area contributed by atoms with Gasteiger partial charge in [0.05, 0.1) is 4.90 Å². The number of sulfone groups is 1. The van der Waals surface area contributed by atoms with Gasteiger partial charge in [-0.3, -0.25) is 4.68 Å². The molecule has 0 unspecified atom stereocenters. The predicted octanol–water partition coefficient (Wildman–Crippen LogP) is 1.48. The highest BCUT2D eigenvalue weighted by atomic mass is 32.2. The van der Waals surface area contributed by atoms with E-state index in [1.165, 1.54) is 6.26 Å². The van der Waals surface area contributed by atoms with Crippen LogP contribution in [0.4, 0.5) is 5.69 Å². The van der Waals surface area contributed by atoms with E-state index in [1.54, 1.807) is 30.5 Å². The molecule has 0 fully saturated rings. The Morgan fingerprint density at radius 3 is 2.42 bits per heavy atom. The van der Waals surface area contributed by atoms with E-state index in [1.807, 2.05) is 17.8 Å². The summed E-state index contributed by atoms with van der Waals surface area (Å²) in [6.45, 7) is 0.776. The summed E-state index contributed by atoms with van der Waals surface area (Å²) in [5.74, 6) is 0. The van der Waals surface area contributed by atoms with Crippen LogP contribution in [-0.2, 0) is 23.3 Å². The van der Waals surface area contributed by atoms with Crippen molar-refractivity contribution in [2.24, 2.45) is 7.05 Å². The minimum atomic E-state index is -3.12. The maximum absolute atomic E-state index is 11.3. The molecule has 0 saturated heterocycles. The van der Waals surface area contributed by atoms with Gasteiger partial charge < -0.3 is 5.32 Å². The van der Waals surface area contributed by atoms with Crippen LogP contribution in [0.2, 0.25) is 0 Å². The first-order valence-corrected chi connectivity index (χ1v) is 7.87. The maximum atomic E-state index is 11.3. The summed E-state index contributed by atoms with van der Waals surface area (Å²) < 4.78 is 24.5. The summed E-state index contributed by atoms with van der Waals surface area (Å²) in [6.07, 6.45) is 3.85. The third-order valence-electron chi connectivity index (χ3n) is 2.92. The maximum Gasteiger partial charge on any atom is 0.175 e. The number of aromatic nitrogens is 2. The number of benzene rings is 1. The largest absolute Gasteiger partial charge is 0.385 e. The van der Waals surface area contributed by atoms with Crippen LogP contribution >= 0.6 is 0 Å². The zero-order valence-corrected chi connectivity index (χ0v) is 11.8. The van der Waals surface area contributed by atoms with Gasteiger partial charge in [0.1, 0.15) is 0 Å². The van der Waals surface area contributed by atoms with Crippen molar-refractivity contribution in [1.29, 1.82) is 0 Å². The van der Waals surface area contributed by atoms with E-state index in [0.29, 0.717) is 4.90 Å². The van der Waals surface area contributed by atoms with Gasteiger partial charge in [-0.15, -0.1) is 0 Å². The Morgan fingerprint density at radius 1 is 1.21 bits per heavy atom. The number of hydrogen-bond acceptors (Lipinski definition) is 4. The lowest BCUT2D eigenvalue weighted by molar-refractivity contribution is 0.602. The van der Waals surface area contributed by atoms with Crippen molar-refractivity contribution in [2.75, 3.05) is 18.1 Å². The average Bonchev–Trinajstić information content (AvgIpc) is 2.75. The molecule has 5 nitrogen and oxygen atoms in total. The van der Waals surface area contributed by atoms with Crippen LogP contribution in [0.15, 0.2) is 41.4 Å². The first-order valence-electron chi connectivity index (χ1n) is 5.98. The molecule has 0 atom stereocenters. The van der Waals surface area contributed by atoms with E-state index >= 15 is 0 Å². The summed E-state index contributed by atoms with van der Waals surface area (Å²) in [5.41, 5.74) is 2.06. The fourth-order valence-corrected chi connectivity index (χ4v) is 2.43. The Labute approximate surface area is 113 Å². The number of hydrogen-bond donors (Lipinski definition) is 1. The van der Waals surface area contributed by atoms with Crippen LogP contribution in [0, 0.1) is 0 Å². The first-order chi connectivity index (χ1) is 8.97. The minimum Gasteiger partial charge on any atom is -0.385 e. The molecule has 1 N–H and O–H groups in total. The summed E-state index contributed by atoms with van der Waals surface area (Å²) in [5, 5.41) is 7.36. The molecule has 1 aromatic carbocycles. The third kappa shape index (κ3) is 3.57. The van der Waals surface area contributed by atoms with Gasteiger partial charge in [-0.2, -0.15) is 5.10 Å². The fourth-order valence-electron chi connectivity index (χ4n) is 1.80. The van der Waals surface area contributed by atoms with Gasteiger partial charge in [0.2, 0.25) is 0 Å². The molecule has 0 aliphatic heterocycles. The highest BCUT2D eigenvalue weighted by Crippen LogP contribution is 2.13. The van der Waals surface area contributed by atoms with Gasteiger partial charge in [0.15, 0.2) is 9.84 Å². The normalized spacial score (nSPS) is 11.5. The molecule has 1 heterocycles. The lowest BCUT2D eigenvalue weighted by Crippen LogP contribution is -2.08. The predicted molar refractivity (Wildman–Crippen MR) is 75.0 cm³/mol. The quantitative estimate of drug-likeness (QED) is 0.900. The highest BCUT2D eigenvalue weighted by molar-refractivity contribution is 7.90. The molecule has 0 bridgehead atoms. The molecule has 102 valence electrons. The smallest absolute Gasteiger partial charge is 0.175 e. The number of nitrogens with zero attached hydrogens (tertiary/aromatic N) is 2. The molecule has 0 aliphatic carbocycles. The van der Waals surface area contributed by atoms with E-state index in [9.17, 15) is 8.42 Å². The average molecular weight is 279 g/mol. The Bertz CT molecular complexity index is 645. The van der Waals surface area contributed by atoms with Gasteiger partial charge in [0.25, 0.3) is 0 Å². The van der Waals surface area contributed by atoms with Crippen LogP contribution in [0.5, 0.6) is 0 Å². The number of anilines is 1. The molecule has 0 amide bonds. The zero-order valence-electron chi connectivity index (χ0n) is 11.0. The van der Waals surface area contributed by atoms with E-state index in [2.05, 4.69) is 10.4 Å². The molecular weight excluding hydrogens is 262 g/mol. The van der Waals surface area contributed by atoms with Crippen LogP contribution in [0.1, 0.15) is 5.69 Å². The number of aryl methyl sites for hydroxylation is 1. The highest BCUT2D eigenvalue weighted by Gasteiger charge is 2.05.